The zero-order valence-corrected chi connectivity index (χ0v) is 16.6. The molecular weight excluding hydrogens is 386 g/mol. The molecule has 0 aliphatic rings. The molecule has 0 unspecified atom stereocenters. The number of aromatic nitrogens is 4. The Hall–Kier alpha value is -3.52. The van der Waals surface area contributed by atoms with Crippen molar-refractivity contribution in [1.82, 2.24) is 24.6 Å². The van der Waals surface area contributed by atoms with Crippen molar-refractivity contribution in [2.24, 2.45) is 7.05 Å². The second-order valence-electron chi connectivity index (χ2n) is 6.71. The number of nitrogens with zero attached hydrogens (tertiary/aromatic N) is 3. The van der Waals surface area contributed by atoms with Crippen molar-refractivity contribution in [1.29, 1.82) is 0 Å². The summed E-state index contributed by atoms with van der Waals surface area (Å²) in [5, 5.41) is 7.67. The summed E-state index contributed by atoms with van der Waals surface area (Å²) >= 11 is 5.15. The molecule has 146 valence electrons. The van der Waals surface area contributed by atoms with Crippen molar-refractivity contribution < 1.29 is 4.79 Å². The number of hydrogen-bond acceptors (Lipinski definition) is 4. The van der Waals surface area contributed by atoms with Crippen LogP contribution < -0.4 is 10.9 Å². The topological polar surface area (TPSA) is 84.7 Å². The predicted molar refractivity (Wildman–Crippen MR) is 113 cm³/mol. The molecular formula is C21H19N5O2S. The third kappa shape index (κ3) is 3.88. The second-order valence-corrected chi connectivity index (χ2v) is 7.10. The van der Waals surface area contributed by atoms with E-state index in [2.05, 4.69) is 15.4 Å². The van der Waals surface area contributed by atoms with Crippen LogP contribution in [0.5, 0.6) is 0 Å². The van der Waals surface area contributed by atoms with Crippen LogP contribution in [0.3, 0.4) is 0 Å². The van der Waals surface area contributed by atoms with E-state index in [9.17, 15) is 9.59 Å². The monoisotopic (exact) mass is 405 g/mol. The number of carbonyl (C=O) groups is 1. The number of amides is 1. The van der Waals surface area contributed by atoms with E-state index in [1.807, 2.05) is 41.2 Å². The van der Waals surface area contributed by atoms with Crippen molar-refractivity contribution >= 4 is 29.0 Å². The molecule has 29 heavy (non-hydrogen) atoms. The Labute approximate surface area is 171 Å². The van der Waals surface area contributed by atoms with Crippen LogP contribution in [-0.2, 0) is 20.1 Å². The smallest absolute Gasteiger partial charge is 0.261 e. The Morgan fingerprint density at radius 1 is 1.17 bits per heavy atom. The van der Waals surface area contributed by atoms with Crippen LogP contribution in [0, 0.1) is 4.77 Å². The normalized spacial score (nSPS) is 10.9. The van der Waals surface area contributed by atoms with E-state index in [4.69, 9.17) is 12.2 Å². The van der Waals surface area contributed by atoms with Crippen molar-refractivity contribution in [3.63, 3.8) is 0 Å². The van der Waals surface area contributed by atoms with Crippen LogP contribution >= 0.6 is 12.2 Å². The lowest BCUT2D eigenvalue weighted by molar-refractivity contribution is 0.0951. The molecule has 2 aromatic carbocycles. The summed E-state index contributed by atoms with van der Waals surface area (Å²) in [6.07, 6.45) is 3.64. The molecule has 0 bridgehead atoms. The molecule has 0 atom stereocenters. The van der Waals surface area contributed by atoms with Crippen molar-refractivity contribution in [2.45, 2.75) is 13.1 Å². The standard InChI is InChI=1S/C21H19N5O2S/c1-25-20(28)17-8-7-14(11-18(17)24-21(25)29)19(27)22-12-15-5-2-3-6-16(15)13-26-10-4-9-23-26/h2-11H,12-13H2,1H3,(H,22,27)(H,24,29). The van der Waals surface area contributed by atoms with Crippen molar-refractivity contribution in [3.8, 4) is 0 Å². The molecule has 2 N–H and O–H groups in total. The van der Waals surface area contributed by atoms with E-state index in [0.29, 0.717) is 34.3 Å². The van der Waals surface area contributed by atoms with E-state index in [0.717, 1.165) is 11.1 Å². The van der Waals surface area contributed by atoms with Crippen molar-refractivity contribution in [2.75, 3.05) is 0 Å². The maximum absolute atomic E-state index is 12.7. The lowest BCUT2D eigenvalue weighted by atomic mass is 10.1. The molecule has 0 saturated heterocycles. The summed E-state index contributed by atoms with van der Waals surface area (Å²) in [5.41, 5.74) is 2.92. The highest BCUT2D eigenvalue weighted by Gasteiger charge is 2.10. The average Bonchev–Trinajstić information content (AvgIpc) is 3.24. The van der Waals surface area contributed by atoms with Crippen LogP contribution in [0.1, 0.15) is 21.5 Å². The van der Waals surface area contributed by atoms with Crippen molar-refractivity contribution in [3.05, 3.63) is 92.7 Å². The quantitative estimate of drug-likeness (QED) is 0.500. The molecule has 0 fully saturated rings. The molecule has 4 rings (SSSR count). The van der Waals surface area contributed by atoms with Gasteiger partial charge in [0.2, 0.25) is 0 Å². The fourth-order valence-electron chi connectivity index (χ4n) is 3.18. The Morgan fingerprint density at radius 2 is 1.97 bits per heavy atom. The highest BCUT2D eigenvalue weighted by molar-refractivity contribution is 7.71. The third-order valence-corrected chi connectivity index (χ3v) is 5.19. The Kier molecular flexibility index (Phi) is 5.09. The molecule has 1 amide bonds. The van der Waals surface area contributed by atoms with Gasteiger partial charge in [0.25, 0.3) is 11.5 Å². The number of H-pyrrole nitrogens is 1. The Morgan fingerprint density at radius 3 is 2.72 bits per heavy atom. The first-order valence-corrected chi connectivity index (χ1v) is 9.49. The van der Waals surface area contributed by atoms with Gasteiger partial charge in [-0.2, -0.15) is 5.10 Å². The summed E-state index contributed by atoms with van der Waals surface area (Å²) < 4.78 is 3.52. The molecule has 7 nitrogen and oxygen atoms in total. The summed E-state index contributed by atoms with van der Waals surface area (Å²) in [7, 11) is 1.61. The predicted octanol–water partition coefficient (Wildman–Crippen LogP) is 2.77. The first kappa shape index (κ1) is 18.8. The number of nitrogens with one attached hydrogen (secondary N) is 2. The van der Waals surface area contributed by atoms with Gasteiger partial charge < -0.3 is 10.3 Å². The average molecular weight is 405 g/mol. The van der Waals surface area contributed by atoms with Gasteiger partial charge in [0.15, 0.2) is 4.77 Å². The summed E-state index contributed by atoms with van der Waals surface area (Å²) in [4.78, 5) is 27.9. The van der Waals surface area contributed by atoms with E-state index in [1.165, 1.54) is 4.57 Å². The highest BCUT2D eigenvalue weighted by atomic mass is 32.1. The van der Waals surface area contributed by atoms with Gasteiger partial charge in [-0.1, -0.05) is 24.3 Å². The van der Waals surface area contributed by atoms with Gasteiger partial charge in [0, 0.05) is 31.5 Å². The summed E-state index contributed by atoms with van der Waals surface area (Å²) in [6.45, 7) is 1.02. The van der Waals surface area contributed by atoms with Gasteiger partial charge in [-0.25, -0.2) is 0 Å². The number of fused-ring (bicyclic) bond motifs is 1. The Bertz CT molecular complexity index is 1300. The van der Waals surface area contributed by atoms with Crippen LogP contribution in [0.4, 0.5) is 0 Å². The number of carbonyl (C=O) groups excluding carboxylic acids is 1. The van der Waals surface area contributed by atoms with Gasteiger partial charge in [-0.05, 0) is 47.6 Å². The zero-order valence-electron chi connectivity index (χ0n) is 15.8. The Balaban J connectivity index is 1.54. The lowest BCUT2D eigenvalue weighted by Gasteiger charge is -2.11. The first-order valence-electron chi connectivity index (χ1n) is 9.08. The largest absolute Gasteiger partial charge is 0.348 e. The minimum absolute atomic E-state index is 0.191. The summed E-state index contributed by atoms with van der Waals surface area (Å²) in [5.74, 6) is -0.221. The minimum Gasteiger partial charge on any atom is -0.348 e. The molecule has 0 saturated carbocycles. The number of benzene rings is 2. The SMILES string of the molecule is Cn1c(=S)[nH]c2cc(C(=O)NCc3ccccc3Cn3cccn3)ccc2c1=O. The zero-order chi connectivity index (χ0) is 20.4. The first-order chi connectivity index (χ1) is 14.0. The number of hydrogen-bond donors (Lipinski definition) is 2. The maximum atomic E-state index is 12.7. The van der Waals surface area contributed by atoms with Crippen LogP contribution in [0.2, 0.25) is 0 Å². The molecule has 4 aromatic rings. The molecule has 0 radical (unpaired) electrons. The van der Waals surface area contributed by atoms with E-state index >= 15 is 0 Å². The van der Waals surface area contributed by atoms with Gasteiger partial charge in [-0.15, -0.1) is 0 Å². The molecule has 0 aliphatic carbocycles. The second kappa shape index (κ2) is 7.84. The fourth-order valence-corrected chi connectivity index (χ4v) is 3.37. The molecule has 2 heterocycles. The van der Waals surface area contributed by atoms with Gasteiger partial charge in [0.1, 0.15) is 0 Å². The van der Waals surface area contributed by atoms with Crippen LogP contribution in [0.15, 0.2) is 65.7 Å². The molecule has 2 aromatic heterocycles. The number of aromatic amines is 1. The highest BCUT2D eigenvalue weighted by Crippen LogP contribution is 2.13. The van der Waals surface area contributed by atoms with E-state index in [-0.39, 0.29) is 11.5 Å². The van der Waals surface area contributed by atoms with Crippen LogP contribution in [0.25, 0.3) is 10.9 Å². The minimum atomic E-state index is -0.221. The molecule has 0 aliphatic heterocycles. The number of rotatable bonds is 5. The molecule has 0 spiro atoms. The van der Waals surface area contributed by atoms with E-state index < -0.39 is 0 Å². The van der Waals surface area contributed by atoms with E-state index in [1.54, 1.807) is 31.4 Å². The molecule has 8 heteroatoms. The maximum Gasteiger partial charge on any atom is 0.261 e. The van der Waals surface area contributed by atoms with Crippen LogP contribution in [-0.4, -0.2) is 25.2 Å². The lowest BCUT2D eigenvalue weighted by Crippen LogP contribution is -2.24. The van der Waals surface area contributed by atoms with Gasteiger partial charge >= 0.3 is 0 Å². The fraction of sp³-hybridized carbons (Fsp3) is 0.143. The van der Waals surface area contributed by atoms with Gasteiger partial charge in [-0.3, -0.25) is 18.8 Å². The third-order valence-electron chi connectivity index (χ3n) is 4.81. The van der Waals surface area contributed by atoms with Gasteiger partial charge in [0.05, 0.1) is 17.4 Å². The summed E-state index contributed by atoms with van der Waals surface area (Å²) in [6, 6.07) is 14.7.